The van der Waals surface area contributed by atoms with Crippen LogP contribution in [0.25, 0.3) is 11.1 Å². The molecular weight excluding hydrogens is 488 g/mol. The molecule has 212 valence electrons. The van der Waals surface area contributed by atoms with Gasteiger partial charge in [-0.15, -0.1) is 0 Å². The van der Waals surface area contributed by atoms with Gasteiger partial charge in [-0.2, -0.15) is 0 Å². The molecule has 39 heavy (non-hydrogen) atoms. The Hall–Kier alpha value is -2.37. The summed E-state index contributed by atoms with van der Waals surface area (Å²) in [5.41, 5.74) is 3.29. The Morgan fingerprint density at radius 3 is 2.46 bits per heavy atom. The predicted molar refractivity (Wildman–Crippen MR) is 151 cm³/mol. The number of likely N-dealkylation sites (tertiary alicyclic amines) is 1. The van der Waals surface area contributed by atoms with E-state index in [4.69, 9.17) is 14.1 Å². The van der Waals surface area contributed by atoms with Crippen molar-refractivity contribution in [1.82, 2.24) is 9.88 Å². The fourth-order valence-corrected chi connectivity index (χ4v) is 9.13. The summed E-state index contributed by atoms with van der Waals surface area (Å²) in [6.07, 6.45) is 9.43. The number of aryl methyl sites for hydroxylation is 2. The first-order valence-electron chi connectivity index (χ1n) is 15.3. The van der Waals surface area contributed by atoms with Crippen LogP contribution in [0.5, 0.6) is 0 Å². The van der Waals surface area contributed by atoms with E-state index >= 15 is 0 Å². The number of hydrogen-bond donors (Lipinski definition) is 0. The second kappa shape index (κ2) is 9.34. The van der Waals surface area contributed by atoms with Crippen LogP contribution in [0.15, 0.2) is 16.5 Å². The smallest absolute Gasteiger partial charge is 0.416 e. The minimum atomic E-state index is -0.670. The fourth-order valence-electron chi connectivity index (χ4n) is 9.13. The van der Waals surface area contributed by atoms with Gasteiger partial charge in [0.25, 0.3) is 0 Å². The number of carbonyl (C=O) groups excluding carboxylic acids is 2. The van der Waals surface area contributed by atoms with Gasteiger partial charge in [0.05, 0.1) is 0 Å². The SMILES string of the molecule is CC(C)[C@@H]1CC[C@@H](C)C[C@H]1OC(=O)N1C[C@]2(C)C[C@@](C)(C[C@](C)(c3nc4cc5c(cc4o3)CCCC5)C2)C1=O. The second-order valence-electron chi connectivity index (χ2n) is 14.9. The van der Waals surface area contributed by atoms with Crippen molar-refractivity contribution < 1.29 is 18.7 Å². The number of amides is 2. The van der Waals surface area contributed by atoms with Crippen molar-refractivity contribution >= 4 is 23.1 Å². The van der Waals surface area contributed by atoms with E-state index in [0.717, 1.165) is 55.5 Å². The molecule has 3 aliphatic carbocycles. The van der Waals surface area contributed by atoms with Crippen molar-refractivity contribution in [2.45, 2.75) is 117 Å². The summed E-state index contributed by atoms with van der Waals surface area (Å²) in [6.45, 7) is 13.5. The fraction of sp³-hybridized carbons (Fsp3) is 0.727. The Bertz CT molecular complexity index is 1260. The van der Waals surface area contributed by atoms with Crippen LogP contribution in [0.2, 0.25) is 0 Å². The third-order valence-corrected chi connectivity index (χ3v) is 10.5. The summed E-state index contributed by atoms with van der Waals surface area (Å²) < 4.78 is 12.6. The molecule has 4 aliphatic rings. The van der Waals surface area contributed by atoms with Crippen LogP contribution in [0.3, 0.4) is 0 Å². The molecule has 2 bridgehead atoms. The monoisotopic (exact) mass is 534 g/mol. The van der Waals surface area contributed by atoms with Gasteiger partial charge in [-0.05, 0) is 104 Å². The average molecular weight is 535 g/mol. The van der Waals surface area contributed by atoms with E-state index in [9.17, 15) is 9.59 Å². The van der Waals surface area contributed by atoms with Gasteiger partial charge in [-0.3, -0.25) is 4.79 Å². The lowest BCUT2D eigenvalue weighted by Gasteiger charge is -2.56. The average Bonchev–Trinajstić information content (AvgIpc) is 3.28. The number of oxazole rings is 1. The quantitative estimate of drug-likeness (QED) is 0.405. The number of hydrogen-bond acceptors (Lipinski definition) is 5. The summed E-state index contributed by atoms with van der Waals surface area (Å²) in [6, 6.07) is 4.41. The molecule has 0 spiro atoms. The summed E-state index contributed by atoms with van der Waals surface area (Å²) in [5.74, 6) is 1.96. The number of carbonyl (C=O) groups is 2. The van der Waals surface area contributed by atoms with Crippen LogP contribution in [0.4, 0.5) is 4.79 Å². The van der Waals surface area contributed by atoms with E-state index in [1.807, 2.05) is 6.92 Å². The van der Waals surface area contributed by atoms with Gasteiger partial charge in [0.15, 0.2) is 5.58 Å². The predicted octanol–water partition coefficient (Wildman–Crippen LogP) is 7.60. The van der Waals surface area contributed by atoms with Crippen LogP contribution in [0, 0.1) is 28.6 Å². The normalized spacial score (nSPS) is 36.7. The first kappa shape index (κ1) is 26.8. The third kappa shape index (κ3) is 4.70. The molecule has 1 saturated heterocycles. The van der Waals surface area contributed by atoms with Crippen LogP contribution < -0.4 is 0 Å². The molecule has 6 nitrogen and oxygen atoms in total. The first-order valence-corrected chi connectivity index (χ1v) is 15.3. The van der Waals surface area contributed by atoms with Gasteiger partial charge in [0, 0.05) is 17.4 Å². The Morgan fingerprint density at radius 1 is 1.05 bits per heavy atom. The van der Waals surface area contributed by atoms with Crippen molar-refractivity contribution in [3.63, 3.8) is 0 Å². The zero-order chi connectivity index (χ0) is 27.7. The van der Waals surface area contributed by atoms with Crippen LogP contribution in [-0.4, -0.2) is 34.5 Å². The van der Waals surface area contributed by atoms with Crippen LogP contribution in [0.1, 0.15) is 110 Å². The molecule has 6 atom stereocenters. The molecule has 2 saturated carbocycles. The Kier molecular flexibility index (Phi) is 6.43. The highest BCUT2D eigenvalue weighted by atomic mass is 16.6. The van der Waals surface area contributed by atoms with E-state index in [1.165, 1.54) is 35.3 Å². The van der Waals surface area contributed by atoms with Crippen molar-refractivity contribution in [2.24, 2.45) is 28.6 Å². The number of benzene rings is 1. The lowest BCUT2D eigenvalue weighted by Crippen LogP contribution is -2.62. The molecule has 0 radical (unpaired) electrons. The van der Waals surface area contributed by atoms with E-state index in [-0.39, 0.29) is 22.8 Å². The number of rotatable bonds is 3. The number of nitrogens with zero attached hydrogens (tertiary/aromatic N) is 2. The number of ether oxygens (including phenoxy) is 1. The van der Waals surface area contributed by atoms with Gasteiger partial charge < -0.3 is 9.15 Å². The molecule has 1 aromatic heterocycles. The van der Waals surface area contributed by atoms with E-state index in [2.05, 4.69) is 46.8 Å². The summed E-state index contributed by atoms with van der Waals surface area (Å²) in [4.78, 5) is 34.1. The molecule has 0 unspecified atom stereocenters. The van der Waals surface area contributed by atoms with Crippen molar-refractivity contribution in [3.8, 4) is 0 Å². The maximum absolute atomic E-state index is 14.0. The Balaban J connectivity index is 1.25. The topological polar surface area (TPSA) is 72.6 Å². The molecule has 3 fully saturated rings. The Labute approximate surface area is 233 Å². The lowest BCUT2D eigenvalue weighted by molar-refractivity contribution is -0.159. The maximum atomic E-state index is 14.0. The highest BCUT2D eigenvalue weighted by Gasteiger charge is 2.60. The highest BCUT2D eigenvalue weighted by molar-refractivity contribution is 5.96. The van der Waals surface area contributed by atoms with Gasteiger partial charge in [-0.25, -0.2) is 14.7 Å². The molecule has 1 aliphatic heterocycles. The molecule has 2 heterocycles. The lowest BCUT2D eigenvalue weighted by atomic mass is 9.52. The maximum Gasteiger partial charge on any atom is 0.416 e. The zero-order valence-electron chi connectivity index (χ0n) is 24.8. The van der Waals surface area contributed by atoms with Gasteiger partial charge in [0.1, 0.15) is 11.6 Å². The molecule has 1 aromatic carbocycles. The van der Waals surface area contributed by atoms with E-state index < -0.39 is 11.5 Å². The summed E-state index contributed by atoms with van der Waals surface area (Å²) in [7, 11) is 0. The van der Waals surface area contributed by atoms with Gasteiger partial charge >= 0.3 is 6.09 Å². The van der Waals surface area contributed by atoms with Crippen LogP contribution in [-0.2, 0) is 27.8 Å². The third-order valence-electron chi connectivity index (χ3n) is 10.5. The van der Waals surface area contributed by atoms with Gasteiger partial charge in [0.2, 0.25) is 11.8 Å². The number of aromatic nitrogens is 1. The summed E-state index contributed by atoms with van der Waals surface area (Å²) in [5, 5.41) is 0. The minimum absolute atomic E-state index is 0.104. The van der Waals surface area contributed by atoms with Crippen molar-refractivity contribution in [3.05, 3.63) is 29.2 Å². The standard InChI is InChI=1S/C33H46N2O4/c1-20(2)24-12-11-21(3)13-26(24)39-30(37)35-19-31(4)16-32(5,18-33(6,17-31)29(35)36)28-34-25-14-22-9-7-8-10-23(22)15-27(25)38-28/h14-15,20-21,24,26H,7-13,16-19H2,1-6H3/t21-,24+,26-,31+,32-,33+/m1/s1. The van der Waals surface area contributed by atoms with Gasteiger partial charge in [-0.1, -0.05) is 48.0 Å². The number of fused-ring (bicyclic) bond motifs is 4. The van der Waals surface area contributed by atoms with Crippen molar-refractivity contribution in [1.29, 1.82) is 0 Å². The molecule has 6 rings (SSSR count). The minimum Gasteiger partial charge on any atom is -0.445 e. The largest absolute Gasteiger partial charge is 0.445 e. The van der Waals surface area contributed by atoms with Crippen LogP contribution >= 0.6 is 0 Å². The highest BCUT2D eigenvalue weighted by Crippen LogP contribution is 2.58. The number of piperidine rings is 1. The van der Waals surface area contributed by atoms with E-state index in [1.54, 1.807) is 0 Å². The molecule has 2 aromatic rings. The molecule has 2 amide bonds. The summed E-state index contributed by atoms with van der Waals surface area (Å²) >= 11 is 0. The second-order valence-corrected chi connectivity index (χ2v) is 14.9. The van der Waals surface area contributed by atoms with Crippen molar-refractivity contribution in [2.75, 3.05) is 6.54 Å². The molecule has 0 N–H and O–H groups in total. The zero-order valence-corrected chi connectivity index (χ0v) is 24.8. The first-order chi connectivity index (χ1) is 18.4. The van der Waals surface area contributed by atoms with E-state index in [0.29, 0.717) is 30.7 Å². The molecule has 6 heteroatoms. The number of imide groups is 1. The Morgan fingerprint density at radius 2 is 1.74 bits per heavy atom. The molecular formula is C33H46N2O4.